The molecule has 0 atom stereocenters. The average Bonchev–Trinajstić information content (AvgIpc) is 3.60. The molecule has 1 aliphatic carbocycles. The molecule has 0 aromatic carbocycles. The zero-order valence-electron chi connectivity index (χ0n) is 16.0. The second-order valence-electron chi connectivity index (χ2n) is 7.31. The maximum absolute atomic E-state index is 12.4. The van der Waals surface area contributed by atoms with Gasteiger partial charge in [-0.2, -0.15) is 0 Å². The van der Waals surface area contributed by atoms with E-state index in [1.807, 2.05) is 51.1 Å². The lowest BCUT2D eigenvalue weighted by atomic mass is 10.0. The Morgan fingerprint density at radius 3 is 1.62 bits per heavy atom. The van der Waals surface area contributed by atoms with Crippen molar-refractivity contribution in [2.45, 2.75) is 0 Å². The Labute approximate surface area is 169 Å². The van der Waals surface area contributed by atoms with E-state index in [0.717, 1.165) is 50.7 Å². The molecule has 2 aromatic rings. The van der Waals surface area contributed by atoms with Crippen LogP contribution in [0, 0.1) is 0 Å². The maximum Gasteiger partial charge on any atom is 0.227 e. The summed E-state index contributed by atoms with van der Waals surface area (Å²) in [5.74, 6) is 0.0485. The van der Waals surface area contributed by atoms with E-state index in [0.29, 0.717) is 17.1 Å². The molecule has 0 saturated carbocycles. The summed E-state index contributed by atoms with van der Waals surface area (Å²) < 4.78 is 0. The minimum absolute atomic E-state index is 0.00546. The van der Waals surface area contributed by atoms with Gasteiger partial charge in [0, 0.05) is 57.7 Å². The average molecular weight is 387 g/mol. The Morgan fingerprint density at radius 1 is 0.655 bits per heavy atom. The number of aromatic nitrogens is 2. The second kappa shape index (κ2) is 7.16. The molecule has 7 heteroatoms. The van der Waals surface area contributed by atoms with Gasteiger partial charge >= 0.3 is 0 Å². The summed E-state index contributed by atoms with van der Waals surface area (Å²) in [6.07, 6.45) is 5.06. The molecule has 146 valence electrons. The highest BCUT2D eigenvalue weighted by atomic mass is 16.1. The van der Waals surface area contributed by atoms with Crippen LogP contribution in [0.2, 0.25) is 0 Å². The number of hydrogen-bond acceptors (Lipinski definition) is 7. The highest BCUT2D eigenvalue weighted by Crippen LogP contribution is 2.33. The first kappa shape index (κ1) is 17.6. The van der Waals surface area contributed by atoms with E-state index in [2.05, 4.69) is 9.97 Å². The van der Waals surface area contributed by atoms with E-state index in [1.165, 1.54) is 6.08 Å². The third-order valence-corrected chi connectivity index (χ3v) is 5.08. The van der Waals surface area contributed by atoms with Crippen molar-refractivity contribution in [3.63, 3.8) is 0 Å². The molecule has 0 bridgehead atoms. The first-order chi connectivity index (χ1) is 14.2. The fourth-order valence-corrected chi connectivity index (χ4v) is 3.30. The van der Waals surface area contributed by atoms with E-state index in [4.69, 9.17) is 0 Å². The zero-order valence-corrected chi connectivity index (χ0v) is 16.0. The Kier molecular flexibility index (Phi) is 4.35. The van der Waals surface area contributed by atoms with Crippen LogP contribution < -0.4 is 0 Å². The quantitative estimate of drug-likeness (QED) is 0.579. The van der Waals surface area contributed by atoms with Gasteiger partial charge in [0.05, 0.1) is 17.1 Å². The lowest BCUT2D eigenvalue weighted by molar-refractivity contribution is -0.117. The fraction of sp³-hybridized carbons (Fsp3) is 0.273. The molecule has 3 aliphatic heterocycles. The summed E-state index contributed by atoms with van der Waals surface area (Å²) in [4.78, 5) is 38.8. The van der Waals surface area contributed by atoms with Crippen molar-refractivity contribution in [3.05, 3.63) is 72.0 Å². The van der Waals surface area contributed by atoms with Crippen molar-refractivity contribution in [3.8, 4) is 11.4 Å². The Morgan fingerprint density at radius 2 is 1.17 bits per heavy atom. The molecule has 0 N–H and O–H groups in total. The number of hydrogen-bond donors (Lipinski definition) is 0. The van der Waals surface area contributed by atoms with Crippen LogP contribution in [-0.2, 0) is 9.59 Å². The predicted molar refractivity (Wildman–Crippen MR) is 107 cm³/mol. The first-order valence-electron chi connectivity index (χ1n) is 9.84. The number of pyridine rings is 2. The summed E-state index contributed by atoms with van der Waals surface area (Å²) in [6.45, 7) is 5.41. The number of Topliss-reactive ketones (excluding diaryl/α,β-unsaturated/α-hetero) is 1. The molecule has 0 amide bonds. The fourth-order valence-electron chi connectivity index (χ4n) is 3.30. The van der Waals surface area contributed by atoms with Crippen molar-refractivity contribution < 1.29 is 9.59 Å². The summed E-state index contributed by atoms with van der Waals surface area (Å²) in [5, 5.41) is 0. The third-order valence-electron chi connectivity index (χ3n) is 5.08. The molecule has 0 spiro atoms. The van der Waals surface area contributed by atoms with Gasteiger partial charge in [0.25, 0.3) is 0 Å². The van der Waals surface area contributed by atoms with Crippen LogP contribution in [0.3, 0.4) is 0 Å². The number of ketones is 2. The summed E-state index contributed by atoms with van der Waals surface area (Å²) in [6, 6.07) is 11.6. The number of carbonyl (C=O) groups is 2. The van der Waals surface area contributed by atoms with Crippen LogP contribution in [0.5, 0.6) is 0 Å². The molecular weight excluding hydrogens is 366 g/mol. The van der Waals surface area contributed by atoms with Crippen LogP contribution in [-0.4, -0.2) is 75.5 Å². The minimum Gasteiger partial charge on any atom is -0.365 e. The summed E-state index contributed by atoms with van der Waals surface area (Å²) >= 11 is 0. The molecule has 3 saturated heterocycles. The van der Waals surface area contributed by atoms with Gasteiger partial charge in [0.15, 0.2) is 0 Å². The molecule has 0 radical (unpaired) electrons. The summed E-state index contributed by atoms with van der Waals surface area (Å²) in [5.41, 5.74) is 3.72. The van der Waals surface area contributed by atoms with Crippen LogP contribution in [0.15, 0.2) is 72.0 Å². The maximum atomic E-state index is 12.4. The Balaban J connectivity index is 0.000000134. The second-order valence-corrected chi connectivity index (χ2v) is 7.31. The van der Waals surface area contributed by atoms with Gasteiger partial charge in [-0.1, -0.05) is 12.1 Å². The molecule has 5 heterocycles. The van der Waals surface area contributed by atoms with E-state index in [-0.39, 0.29) is 11.6 Å². The lowest BCUT2D eigenvalue weighted by Gasteiger charge is -2.21. The van der Waals surface area contributed by atoms with Crippen LogP contribution >= 0.6 is 0 Å². The SMILES string of the molecule is O=C1C=C(N2CC2)C(=O)C(N2CC2)=C1N1CC1.c1ccc(-c2ccccn2)nc1. The summed E-state index contributed by atoms with van der Waals surface area (Å²) in [7, 11) is 0. The monoisotopic (exact) mass is 387 g/mol. The third kappa shape index (κ3) is 3.76. The number of rotatable bonds is 4. The van der Waals surface area contributed by atoms with Crippen LogP contribution in [0.1, 0.15) is 0 Å². The van der Waals surface area contributed by atoms with Gasteiger partial charge in [-0.3, -0.25) is 19.6 Å². The zero-order chi connectivity index (χ0) is 19.8. The van der Waals surface area contributed by atoms with Crippen molar-refractivity contribution >= 4 is 11.6 Å². The number of carbonyl (C=O) groups excluding carboxylic acids is 2. The van der Waals surface area contributed by atoms with Crippen LogP contribution in [0.25, 0.3) is 11.4 Å². The molecule has 29 heavy (non-hydrogen) atoms. The molecule has 4 aliphatic rings. The highest BCUT2D eigenvalue weighted by molar-refractivity contribution is 6.22. The van der Waals surface area contributed by atoms with E-state index >= 15 is 0 Å². The molecular formula is C22H21N5O2. The predicted octanol–water partition coefficient (Wildman–Crippen LogP) is 1.32. The van der Waals surface area contributed by atoms with Gasteiger partial charge in [-0.25, -0.2) is 0 Å². The first-order valence-corrected chi connectivity index (χ1v) is 9.84. The normalized spacial score (nSPS) is 19.6. The van der Waals surface area contributed by atoms with Gasteiger partial charge in [-0.15, -0.1) is 0 Å². The topological polar surface area (TPSA) is 68.9 Å². The Bertz CT molecular complexity index is 967. The molecule has 6 rings (SSSR count). The van der Waals surface area contributed by atoms with Gasteiger partial charge in [0.2, 0.25) is 11.6 Å². The van der Waals surface area contributed by atoms with E-state index in [1.54, 1.807) is 12.4 Å². The lowest BCUT2D eigenvalue weighted by Crippen LogP contribution is -2.29. The van der Waals surface area contributed by atoms with Gasteiger partial charge in [-0.05, 0) is 24.3 Å². The van der Waals surface area contributed by atoms with Gasteiger partial charge in [0.1, 0.15) is 11.4 Å². The molecule has 3 fully saturated rings. The van der Waals surface area contributed by atoms with Crippen LogP contribution in [0.4, 0.5) is 0 Å². The van der Waals surface area contributed by atoms with Crippen molar-refractivity contribution in [1.82, 2.24) is 24.7 Å². The molecule has 7 nitrogen and oxygen atoms in total. The Hall–Kier alpha value is -3.48. The number of allylic oxidation sites excluding steroid dienone is 1. The standard InChI is InChI=1S/C12H13N3O2.C10H8N2/c16-9-7-8(13-1-2-13)12(17)11(15-5-6-15)10(9)14-3-4-14;1-3-7-11-9(5-1)10-6-2-4-8-12-10/h7H,1-6H2;1-8H. The van der Waals surface area contributed by atoms with Crippen molar-refractivity contribution in [1.29, 1.82) is 0 Å². The highest BCUT2D eigenvalue weighted by Gasteiger charge is 2.43. The van der Waals surface area contributed by atoms with E-state index < -0.39 is 0 Å². The largest absolute Gasteiger partial charge is 0.365 e. The smallest absolute Gasteiger partial charge is 0.227 e. The van der Waals surface area contributed by atoms with Crippen molar-refractivity contribution in [2.24, 2.45) is 0 Å². The molecule has 0 unspecified atom stereocenters. The minimum atomic E-state index is 0.00546. The van der Waals surface area contributed by atoms with Gasteiger partial charge < -0.3 is 14.7 Å². The van der Waals surface area contributed by atoms with E-state index in [9.17, 15) is 9.59 Å². The molecule has 2 aromatic heterocycles. The van der Waals surface area contributed by atoms with Crippen molar-refractivity contribution in [2.75, 3.05) is 39.3 Å². The number of nitrogens with zero attached hydrogens (tertiary/aromatic N) is 5.